The van der Waals surface area contributed by atoms with Crippen LogP contribution in [0.25, 0.3) is 0 Å². The molecule has 94 valence electrons. The fourth-order valence-electron chi connectivity index (χ4n) is 1.31. The monoisotopic (exact) mass is 276 g/mol. The molecule has 1 atom stereocenters. The molecule has 5 nitrogen and oxygen atoms in total. The van der Waals surface area contributed by atoms with Crippen LogP contribution in [0.1, 0.15) is 6.92 Å². The predicted molar refractivity (Wildman–Crippen MR) is 66.6 cm³/mol. The number of carbonyl (C=O) groups excluding carboxylic acids is 1. The lowest BCUT2D eigenvalue weighted by molar-refractivity contribution is -0.119. The lowest BCUT2D eigenvalue weighted by Crippen LogP contribution is -2.36. The quantitative estimate of drug-likeness (QED) is 0.800. The van der Waals surface area contributed by atoms with Gasteiger partial charge < -0.3 is 11.1 Å². The normalized spacial score (nSPS) is 13.1. The molecule has 0 heterocycles. The number of carbonyl (C=O) groups is 1. The second-order valence-corrected chi connectivity index (χ2v) is 6.16. The molecular formula is C10H13ClN2O3S. The number of anilines is 1. The molecule has 0 radical (unpaired) electrons. The van der Waals surface area contributed by atoms with Crippen LogP contribution >= 0.6 is 11.6 Å². The summed E-state index contributed by atoms with van der Waals surface area (Å²) in [5.74, 6) is -0.584. The molecule has 1 unspecified atom stereocenters. The van der Waals surface area contributed by atoms with E-state index in [2.05, 4.69) is 5.32 Å². The number of nitrogens with one attached hydrogen (secondary N) is 1. The minimum absolute atomic E-state index is 0.0354. The molecule has 0 aromatic heterocycles. The zero-order valence-corrected chi connectivity index (χ0v) is 11.0. The topological polar surface area (TPSA) is 89.3 Å². The smallest absolute Gasteiger partial charge is 0.238 e. The van der Waals surface area contributed by atoms with E-state index in [1.807, 2.05) is 0 Å². The summed E-state index contributed by atoms with van der Waals surface area (Å²) in [5.41, 5.74) is 5.63. The van der Waals surface area contributed by atoms with Crippen LogP contribution in [0.2, 0.25) is 5.02 Å². The number of nitrogen functional groups attached to an aromatic ring is 1. The van der Waals surface area contributed by atoms with Gasteiger partial charge in [-0.25, -0.2) is 8.42 Å². The van der Waals surface area contributed by atoms with Crippen LogP contribution in [-0.4, -0.2) is 26.6 Å². The highest BCUT2D eigenvalue weighted by Crippen LogP contribution is 2.25. The third-order valence-corrected chi connectivity index (χ3v) is 4.72. The number of benzene rings is 1. The Kier molecular flexibility index (Phi) is 4.00. The molecule has 0 bridgehead atoms. The third-order valence-electron chi connectivity index (χ3n) is 2.36. The molecule has 1 aromatic rings. The molecule has 0 spiro atoms. The van der Waals surface area contributed by atoms with E-state index in [0.717, 1.165) is 0 Å². The Morgan fingerprint density at radius 2 is 2.06 bits per heavy atom. The van der Waals surface area contributed by atoms with Gasteiger partial charge in [-0.1, -0.05) is 11.6 Å². The van der Waals surface area contributed by atoms with Crippen molar-refractivity contribution in [3.8, 4) is 0 Å². The number of amides is 1. The summed E-state index contributed by atoms with van der Waals surface area (Å²) >= 11 is 5.68. The van der Waals surface area contributed by atoms with Crippen LogP contribution in [0.5, 0.6) is 0 Å². The molecule has 1 amide bonds. The summed E-state index contributed by atoms with van der Waals surface area (Å²) < 4.78 is 24.2. The molecule has 0 aliphatic carbocycles. The van der Waals surface area contributed by atoms with Crippen molar-refractivity contribution < 1.29 is 13.2 Å². The van der Waals surface area contributed by atoms with Crippen molar-refractivity contribution in [2.24, 2.45) is 0 Å². The summed E-state index contributed by atoms with van der Waals surface area (Å²) in [6, 6.07) is 4.05. The zero-order chi connectivity index (χ0) is 13.2. The van der Waals surface area contributed by atoms with Crippen molar-refractivity contribution >= 4 is 33.0 Å². The maximum atomic E-state index is 12.1. The fourth-order valence-corrected chi connectivity index (χ4v) is 2.92. The molecular weight excluding hydrogens is 264 g/mol. The molecule has 1 aromatic carbocycles. The van der Waals surface area contributed by atoms with E-state index < -0.39 is 21.0 Å². The molecule has 17 heavy (non-hydrogen) atoms. The third kappa shape index (κ3) is 2.70. The highest BCUT2D eigenvalue weighted by Gasteiger charge is 2.30. The number of halogens is 1. The van der Waals surface area contributed by atoms with Gasteiger partial charge in [0.15, 0.2) is 9.84 Å². The molecule has 0 saturated carbocycles. The largest absolute Gasteiger partial charge is 0.398 e. The first-order chi connectivity index (χ1) is 7.80. The Hall–Kier alpha value is -1.27. The molecule has 3 N–H and O–H groups in total. The van der Waals surface area contributed by atoms with E-state index in [-0.39, 0.29) is 10.6 Å². The van der Waals surface area contributed by atoms with E-state index in [0.29, 0.717) is 5.02 Å². The van der Waals surface area contributed by atoms with E-state index in [9.17, 15) is 13.2 Å². The minimum Gasteiger partial charge on any atom is -0.398 e. The molecule has 0 fully saturated rings. The molecule has 0 aliphatic heterocycles. The molecule has 0 aliphatic rings. The van der Waals surface area contributed by atoms with Gasteiger partial charge in [-0.05, 0) is 25.1 Å². The summed E-state index contributed by atoms with van der Waals surface area (Å²) in [5, 5.41) is 1.43. The SMILES string of the molecule is CNC(=O)C(C)S(=O)(=O)c1ccc(Cl)cc1N. The standard InChI is InChI=1S/C10H13ClN2O3S/c1-6(10(14)13-2)17(15,16)9-4-3-7(11)5-8(9)12/h3-6H,12H2,1-2H3,(H,13,14). The van der Waals surface area contributed by atoms with Crippen molar-refractivity contribution in [3.05, 3.63) is 23.2 Å². The molecule has 1 rings (SSSR count). The van der Waals surface area contributed by atoms with Gasteiger partial charge in [0, 0.05) is 12.1 Å². The van der Waals surface area contributed by atoms with Gasteiger partial charge in [0.2, 0.25) is 5.91 Å². The first kappa shape index (κ1) is 13.8. The van der Waals surface area contributed by atoms with E-state index in [1.54, 1.807) is 0 Å². The lowest BCUT2D eigenvalue weighted by atomic mass is 10.3. The second kappa shape index (κ2) is 4.93. The Balaban J connectivity index is 3.27. The average molecular weight is 277 g/mol. The van der Waals surface area contributed by atoms with Gasteiger partial charge in [-0.15, -0.1) is 0 Å². The van der Waals surface area contributed by atoms with Crippen molar-refractivity contribution in [3.63, 3.8) is 0 Å². The van der Waals surface area contributed by atoms with Crippen LogP contribution in [0.4, 0.5) is 5.69 Å². The summed E-state index contributed by atoms with van der Waals surface area (Å²) in [6.07, 6.45) is 0. The van der Waals surface area contributed by atoms with E-state index in [1.165, 1.54) is 32.2 Å². The average Bonchev–Trinajstić information content (AvgIpc) is 2.26. The minimum atomic E-state index is -3.79. The highest BCUT2D eigenvalue weighted by molar-refractivity contribution is 7.93. The van der Waals surface area contributed by atoms with Crippen LogP contribution < -0.4 is 11.1 Å². The maximum Gasteiger partial charge on any atom is 0.238 e. The maximum absolute atomic E-state index is 12.1. The van der Waals surface area contributed by atoms with E-state index >= 15 is 0 Å². The summed E-state index contributed by atoms with van der Waals surface area (Å²) in [7, 11) is -2.42. The van der Waals surface area contributed by atoms with Gasteiger partial charge in [0.25, 0.3) is 0 Å². The zero-order valence-electron chi connectivity index (χ0n) is 9.40. The number of nitrogens with two attached hydrogens (primary N) is 1. The Bertz CT molecular complexity index is 542. The fraction of sp³-hybridized carbons (Fsp3) is 0.300. The van der Waals surface area contributed by atoms with Crippen LogP contribution in [0, 0.1) is 0 Å². The Morgan fingerprint density at radius 3 is 2.53 bits per heavy atom. The first-order valence-corrected chi connectivity index (χ1v) is 6.73. The number of hydrogen-bond acceptors (Lipinski definition) is 4. The first-order valence-electron chi connectivity index (χ1n) is 4.81. The summed E-state index contributed by atoms with van der Waals surface area (Å²) in [4.78, 5) is 11.3. The lowest BCUT2D eigenvalue weighted by Gasteiger charge is -2.13. The summed E-state index contributed by atoms with van der Waals surface area (Å²) in [6.45, 7) is 1.31. The van der Waals surface area contributed by atoms with Crippen LogP contribution in [0.3, 0.4) is 0 Å². The highest BCUT2D eigenvalue weighted by atomic mass is 35.5. The van der Waals surface area contributed by atoms with Gasteiger partial charge in [-0.2, -0.15) is 0 Å². The molecule has 7 heteroatoms. The number of hydrogen-bond donors (Lipinski definition) is 2. The predicted octanol–water partition coefficient (Wildman–Crippen LogP) is 0.830. The van der Waals surface area contributed by atoms with Gasteiger partial charge in [0.1, 0.15) is 5.25 Å². The Morgan fingerprint density at radius 1 is 1.47 bits per heavy atom. The van der Waals surface area contributed by atoms with Gasteiger partial charge in [0.05, 0.1) is 10.6 Å². The van der Waals surface area contributed by atoms with Crippen LogP contribution in [-0.2, 0) is 14.6 Å². The van der Waals surface area contributed by atoms with Crippen molar-refractivity contribution in [1.82, 2.24) is 5.32 Å². The number of rotatable bonds is 3. The second-order valence-electron chi connectivity index (χ2n) is 3.48. The van der Waals surface area contributed by atoms with Gasteiger partial charge >= 0.3 is 0 Å². The Labute approximate surface area is 105 Å². The number of sulfone groups is 1. The van der Waals surface area contributed by atoms with Crippen LogP contribution in [0.15, 0.2) is 23.1 Å². The molecule has 0 saturated heterocycles. The van der Waals surface area contributed by atoms with Crippen molar-refractivity contribution in [1.29, 1.82) is 0 Å². The van der Waals surface area contributed by atoms with Crippen molar-refractivity contribution in [2.75, 3.05) is 12.8 Å². The van der Waals surface area contributed by atoms with Gasteiger partial charge in [-0.3, -0.25) is 4.79 Å². The van der Waals surface area contributed by atoms with Crippen molar-refractivity contribution in [2.45, 2.75) is 17.1 Å². The van der Waals surface area contributed by atoms with E-state index in [4.69, 9.17) is 17.3 Å².